The van der Waals surface area contributed by atoms with Gasteiger partial charge in [0.1, 0.15) is 5.75 Å². The van der Waals surface area contributed by atoms with Gasteiger partial charge < -0.3 is 15.2 Å². The van der Waals surface area contributed by atoms with E-state index in [-0.39, 0.29) is 12.5 Å². The maximum Gasteiger partial charge on any atom is 0.308 e. The molecule has 0 saturated heterocycles. The van der Waals surface area contributed by atoms with Crippen molar-refractivity contribution in [2.45, 2.75) is 44.9 Å². The standard InChI is InChI=1S/C18H25NO4/c1-12-6-7-14(10-15(12)23-3)18(8-4-5-9-18)17(22)19-11-13(2)16(20)21/h6-7,10,13H,4-5,8-9,11H2,1-3H3,(H,19,22)(H,20,21). The average Bonchev–Trinajstić information content (AvgIpc) is 3.03. The van der Waals surface area contributed by atoms with Gasteiger partial charge in [0, 0.05) is 6.54 Å². The number of methoxy groups -OCH3 is 1. The third-order valence-electron chi connectivity index (χ3n) is 4.84. The molecule has 126 valence electrons. The highest BCUT2D eigenvalue weighted by Crippen LogP contribution is 2.42. The highest BCUT2D eigenvalue weighted by Gasteiger charge is 2.43. The Hall–Kier alpha value is -2.04. The van der Waals surface area contributed by atoms with Crippen molar-refractivity contribution in [3.05, 3.63) is 29.3 Å². The van der Waals surface area contributed by atoms with E-state index in [1.165, 1.54) is 0 Å². The summed E-state index contributed by atoms with van der Waals surface area (Å²) in [5, 5.41) is 11.8. The van der Waals surface area contributed by atoms with E-state index in [9.17, 15) is 9.59 Å². The molecule has 0 radical (unpaired) electrons. The normalized spacial score (nSPS) is 17.5. The third-order valence-corrected chi connectivity index (χ3v) is 4.84. The number of aryl methyl sites for hydroxylation is 1. The number of nitrogens with one attached hydrogen (secondary N) is 1. The monoisotopic (exact) mass is 319 g/mol. The van der Waals surface area contributed by atoms with Gasteiger partial charge in [0.25, 0.3) is 0 Å². The molecular formula is C18H25NO4. The van der Waals surface area contributed by atoms with E-state index in [1.54, 1.807) is 14.0 Å². The highest BCUT2D eigenvalue weighted by atomic mass is 16.5. The lowest BCUT2D eigenvalue weighted by Gasteiger charge is -2.29. The van der Waals surface area contributed by atoms with Crippen LogP contribution in [0.3, 0.4) is 0 Å². The molecule has 1 amide bonds. The molecule has 1 unspecified atom stereocenters. The maximum absolute atomic E-state index is 12.8. The molecule has 1 atom stereocenters. The Labute approximate surface area is 137 Å². The Kier molecular flexibility index (Phi) is 5.29. The van der Waals surface area contributed by atoms with Crippen LogP contribution < -0.4 is 10.1 Å². The van der Waals surface area contributed by atoms with Crippen molar-refractivity contribution in [2.24, 2.45) is 5.92 Å². The number of ether oxygens (including phenoxy) is 1. The molecule has 2 rings (SSSR count). The van der Waals surface area contributed by atoms with Gasteiger partial charge in [0.2, 0.25) is 5.91 Å². The molecule has 1 aliphatic rings. The Bertz CT molecular complexity index is 591. The summed E-state index contributed by atoms with van der Waals surface area (Å²) in [7, 11) is 1.63. The van der Waals surface area contributed by atoms with Crippen molar-refractivity contribution in [2.75, 3.05) is 13.7 Å². The summed E-state index contributed by atoms with van der Waals surface area (Å²) in [6.45, 7) is 3.72. The number of carbonyl (C=O) groups is 2. The summed E-state index contributed by atoms with van der Waals surface area (Å²) >= 11 is 0. The summed E-state index contributed by atoms with van der Waals surface area (Å²) in [6, 6.07) is 5.91. The summed E-state index contributed by atoms with van der Waals surface area (Å²) in [5.74, 6) is -0.790. The zero-order valence-corrected chi connectivity index (χ0v) is 14.0. The number of carbonyl (C=O) groups excluding carboxylic acids is 1. The molecule has 1 aromatic rings. The maximum atomic E-state index is 12.8. The van der Waals surface area contributed by atoms with Crippen molar-refractivity contribution in [3.63, 3.8) is 0 Å². The van der Waals surface area contributed by atoms with Crippen LogP contribution in [0.5, 0.6) is 5.75 Å². The minimum absolute atomic E-state index is 0.0750. The van der Waals surface area contributed by atoms with Gasteiger partial charge in [-0.05, 0) is 37.0 Å². The average molecular weight is 319 g/mol. The lowest BCUT2D eigenvalue weighted by atomic mass is 9.77. The Morgan fingerprint density at radius 3 is 2.57 bits per heavy atom. The van der Waals surface area contributed by atoms with E-state index in [2.05, 4.69) is 5.32 Å². The number of hydrogen-bond acceptors (Lipinski definition) is 3. The van der Waals surface area contributed by atoms with Crippen molar-refractivity contribution < 1.29 is 19.4 Å². The molecule has 0 aliphatic heterocycles. The molecule has 1 fully saturated rings. The molecule has 0 bridgehead atoms. The molecule has 5 nitrogen and oxygen atoms in total. The molecule has 1 aromatic carbocycles. The van der Waals surface area contributed by atoms with Crippen LogP contribution in [-0.2, 0) is 15.0 Å². The zero-order chi connectivity index (χ0) is 17.0. The molecule has 23 heavy (non-hydrogen) atoms. The lowest BCUT2D eigenvalue weighted by molar-refractivity contribution is -0.141. The fourth-order valence-corrected chi connectivity index (χ4v) is 3.25. The van der Waals surface area contributed by atoms with E-state index in [0.717, 1.165) is 42.6 Å². The van der Waals surface area contributed by atoms with Crippen LogP contribution in [0.15, 0.2) is 18.2 Å². The molecular weight excluding hydrogens is 294 g/mol. The number of hydrogen-bond donors (Lipinski definition) is 2. The molecule has 0 spiro atoms. The molecule has 0 heterocycles. The van der Waals surface area contributed by atoms with Gasteiger partial charge in [-0.25, -0.2) is 0 Å². The van der Waals surface area contributed by atoms with E-state index < -0.39 is 17.3 Å². The first-order chi connectivity index (χ1) is 10.9. The lowest BCUT2D eigenvalue weighted by Crippen LogP contribution is -2.44. The summed E-state index contributed by atoms with van der Waals surface area (Å²) in [6.07, 6.45) is 3.56. The van der Waals surface area contributed by atoms with Crippen molar-refractivity contribution in [1.29, 1.82) is 0 Å². The van der Waals surface area contributed by atoms with Crippen LogP contribution in [0.25, 0.3) is 0 Å². The van der Waals surface area contributed by atoms with Gasteiger partial charge >= 0.3 is 5.97 Å². The van der Waals surface area contributed by atoms with Crippen LogP contribution in [-0.4, -0.2) is 30.6 Å². The Morgan fingerprint density at radius 1 is 1.35 bits per heavy atom. The number of aliphatic carboxylic acids is 1. The van der Waals surface area contributed by atoms with Gasteiger partial charge in [-0.15, -0.1) is 0 Å². The SMILES string of the molecule is COc1cc(C2(C(=O)NCC(C)C(=O)O)CCCC2)ccc1C. The smallest absolute Gasteiger partial charge is 0.308 e. The second kappa shape index (κ2) is 7.02. The zero-order valence-electron chi connectivity index (χ0n) is 14.0. The van der Waals surface area contributed by atoms with E-state index in [4.69, 9.17) is 9.84 Å². The number of rotatable bonds is 6. The van der Waals surface area contributed by atoms with Crippen LogP contribution in [0.1, 0.15) is 43.7 Å². The van der Waals surface area contributed by atoms with Gasteiger partial charge in [0.05, 0.1) is 18.4 Å². The van der Waals surface area contributed by atoms with E-state index in [0.29, 0.717) is 0 Å². The minimum atomic E-state index is -0.900. The first-order valence-electron chi connectivity index (χ1n) is 8.07. The molecule has 1 aliphatic carbocycles. The van der Waals surface area contributed by atoms with Crippen LogP contribution in [0, 0.1) is 12.8 Å². The number of carboxylic acid groups (broad SMARTS) is 1. The summed E-state index contributed by atoms with van der Waals surface area (Å²) in [4.78, 5) is 23.8. The van der Waals surface area contributed by atoms with E-state index >= 15 is 0 Å². The number of carboxylic acids is 1. The Morgan fingerprint density at radius 2 is 2.00 bits per heavy atom. The predicted octanol–water partition coefficient (Wildman–Crippen LogP) is 2.65. The number of amides is 1. The quantitative estimate of drug-likeness (QED) is 0.845. The minimum Gasteiger partial charge on any atom is -0.496 e. The van der Waals surface area contributed by atoms with Crippen molar-refractivity contribution in [1.82, 2.24) is 5.32 Å². The van der Waals surface area contributed by atoms with Gasteiger partial charge in [0.15, 0.2) is 0 Å². The van der Waals surface area contributed by atoms with E-state index in [1.807, 2.05) is 25.1 Å². The van der Waals surface area contributed by atoms with Crippen LogP contribution in [0.2, 0.25) is 0 Å². The first-order valence-corrected chi connectivity index (χ1v) is 8.07. The first kappa shape index (κ1) is 17.3. The fourth-order valence-electron chi connectivity index (χ4n) is 3.25. The topological polar surface area (TPSA) is 75.6 Å². The predicted molar refractivity (Wildman–Crippen MR) is 87.7 cm³/mol. The van der Waals surface area contributed by atoms with Gasteiger partial charge in [-0.1, -0.05) is 31.9 Å². The second-order valence-corrected chi connectivity index (χ2v) is 6.42. The molecule has 5 heteroatoms. The Balaban J connectivity index is 2.25. The largest absolute Gasteiger partial charge is 0.496 e. The van der Waals surface area contributed by atoms with Crippen LogP contribution in [0.4, 0.5) is 0 Å². The summed E-state index contributed by atoms with van der Waals surface area (Å²) < 4.78 is 5.39. The van der Waals surface area contributed by atoms with Crippen molar-refractivity contribution >= 4 is 11.9 Å². The molecule has 0 aromatic heterocycles. The molecule has 1 saturated carbocycles. The highest BCUT2D eigenvalue weighted by molar-refractivity contribution is 5.89. The van der Waals surface area contributed by atoms with Gasteiger partial charge in [-0.2, -0.15) is 0 Å². The van der Waals surface area contributed by atoms with Crippen molar-refractivity contribution in [3.8, 4) is 5.75 Å². The van der Waals surface area contributed by atoms with Crippen LogP contribution >= 0.6 is 0 Å². The van der Waals surface area contributed by atoms with Gasteiger partial charge in [-0.3, -0.25) is 9.59 Å². The third kappa shape index (κ3) is 3.49. The molecule has 2 N–H and O–H groups in total. The second-order valence-electron chi connectivity index (χ2n) is 6.42. The number of benzene rings is 1. The fraction of sp³-hybridized carbons (Fsp3) is 0.556. The summed E-state index contributed by atoms with van der Waals surface area (Å²) in [5.41, 5.74) is 1.42.